The highest BCUT2D eigenvalue weighted by molar-refractivity contribution is 5.92. The smallest absolute Gasteiger partial charge is 0.228 e. The van der Waals surface area contributed by atoms with Gasteiger partial charge >= 0.3 is 0 Å². The first kappa shape index (κ1) is 19.3. The summed E-state index contributed by atoms with van der Waals surface area (Å²) in [7, 11) is 3.24. The Labute approximate surface area is 165 Å². The number of benzene rings is 3. The van der Waals surface area contributed by atoms with Crippen LogP contribution in [0.2, 0.25) is 0 Å². The number of carbonyl (C=O) groups is 1. The molecule has 0 saturated heterocycles. The van der Waals surface area contributed by atoms with E-state index in [1.807, 2.05) is 73.7 Å². The van der Waals surface area contributed by atoms with Gasteiger partial charge in [0.1, 0.15) is 11.5 Å². The number of aryl methyl sites for hydroxylation is 1. The third-order valence-corrected chi connectivity index (χ3v) is 4.47. The highest BCUT2D eigenvalue weighted by Crippen LogP contribution is 2.31. The molecular formula is C23H24N2O3. The van der Waals surface area contributed by atoms with Crippen molar-refractivity contribution in [3.8, 4) is 11.5 Å². The van der Waals surface area contributed by atoms with Gasteiger partial charge in [-0.15, -0.1) is 0 Å². The molecule has 0 aliphatic heterocycles. The average molecular weight is 376 g/mol. The van der Waals surface area contributed by atoms with Crippen LogP contribution in [0.4, 0.5) is 17.1 Å². The summed E-state index contributed by atoms with van der Waals surface area (Å²) >= 11 is 0. The first-order valence-electron chi connectivity index (χ1n) is 9.02. The van der Waals surface area contributed by atoms with Gasteiger partial charge in [0, 0.05) is 17.4 Å². The third-order valence-electron chi connectivity index (χ3n) is 4.47. The fraction of sp³-hybridized carbons (Fsp3) is 0.174. The molecule has 0 atom stereocenters. The zero-order valence-corrected chi connectivity index (χ0v) is 16.3. The number of hydrogen-bond donors (Lipinski definition) is 2. The minimum atomic E-state index is -0.0353. The minimum absolute atomic E-state index is 0.0353. The van der Waals surface area contributed by atoms with E-state index in [0.717, 1.165) is 33.9 Å². The van der Waals surface area contributed by atoms with E-state index in [-0.39, 0.29) is 5.91 Å². The molecule has 2 N–H and O–H groups in total. The maximum atomic E-state index is 12.3. The molecule has 3 aromatic rings. The van der Waals surface area contributed by atoms with Crippen LogP contribution in [0.3, 0.4) is 0 Å². The van der Waals surface area contributed by atoms with Gasteiger partial charge in [0.25, 0.3) is 0 Å². The van der Waals surface area contributed by atoms with E-state index in [2.05, 4.69) is 10.6 Å². The lowest BCUT2D eigenvalue weighted by molar-refractivity contribution is -0.115. The summed E-state index contributed by atoms with van der Waals surface area (Å²) in [4.78, 5) is 12.3. The lowest BCUT2D eigenvalue weighted by Crippen LogP contribution is -2.14. The fourth-order valence-electron chi connectivity index (χ4n) is 2.88. The van der Waals surface area contributed by atoms with Gasteiger partial charge in [-0.25, -0.2) is 0 Å². The Balaban J connectivity index is 1.64. The molecule has 0 aliphatic rings. The number of hydrogen-bond acceptors (Lipinski definition) is 4. The van der Waals surface area contributed by atoms with Crippen LogP contribution in [-0.2, 0) is 11.2 Å². The number of rotatable bonds is 7. The van der Waals surface area contributed by atoms with Gasteiger partial charge in [0.15, 0.2) is 0 Å². The van der Waals surface area contributed by atoms with Crippen LogP contribution in [0, 0.1) is 6.92 Å². The molecule has 3 rings (SSSR count). The Morgan fingerprint density at radius 1 is 0.893 bits per heavy atom. The van der Waals surface area contributed by atoms with Gasteiger partial charge in [-0.2, -0.15) is 0 Å². The quantitative estimate of drug-likeness (QED) is 0.613. The number of methoxy groups -OCH3 is 2. The van der Waals surface area contributed by atoms with Gasteiger partial charge in [0.05, 0.1) is 26.3 Å². The monoisotopic (exact) mass is 376 g/mol. The van der Waals surface area contributed by atoms with Crippen molar-refractivity contribution >= 4 is 23.0 Å². The summed E-state index contributed by atoms with van der Waals surface area (Å²) in [5, 5.41) is 6.25. The van der Waals surface area contributed by atoms with Crippen molar-refractivity contribution in [2.24, 2.45) is 0 Å². The largest absolute Gasteiger partial charge is 0.497 e. The van der Waals surface area contributed by atoms with Crippen molar-refractivity contribution in [3.63, 3.8) is 0 Å². The highest BCUT2D eigenvalue weighted by Gasteiger charge is 2.08. The SMILES string of the molecule is COc1ccc(Nc2ccc(NC(=O)Cc3ccccc3C)cc2)c(OC)c1. The molecule has 0 bridgehead atoms. The third kappa shape index (κ3) is 4.82. The summed E-state index contributed by atoms with van der Waals surface area (Å²) < 4.78 is 10.6. The topological polar surface area (TPSA) is 59.6 Å². The maximum absolute atomic E-state index is 12.3. The number of nitrogens with one attached hydrogen (secondary N) is 2. The van der Waals surface area contributed by atoms with Crippen molar-refractivity contribution in [2.75, 3.05) is 24.9 Å². The molecule has 0 aromatic heterocycles. The zero-order chi connectivity index (χ0) is 19.9. The van der Waals surface area contributed by atoms with Gasteiger partial charge in [-0.3, -0.25) is 4.79 Å². The molecule has 1 amide bonds. The van der Waals surface area contributed by atoms with Gasteiger partial charge < -0.3 is 20.1 Å². The number of amides is 1. The van der Waals surface area contributed by atoms with E-state index in [9.17, 15) is 4.79 Å². The van der Waals surface area contributed by atoms with Crippen LogP contribution < -0.4 is 20.1 Å². The van der Waals surface area contributed by atoms with Crippen LogP contribution in [-0.4, -0.2) is 20.1 Å². The van der Waals surface area contributed by atoms with Crippen LogP contribution in [0.5, 0.6) is 11.5 Å². The molecule has 28 heavy (non-hydrogen) atoms. The van der Waals surface area contributed by atoms with Crippen LogP contribution in [0.25, 0.3) is 0 Å². The lowest BCUT2D eigenvalue weighted by atomic mass is 10.1. The molecule has 3 aromatic carbocycles. The predicted molar refractivity (Wildman–Crippen MR) is 113 cm³/mol. The molecule has 0 saturated carbocycles. The summed E-state index contributed by atoms with van der Waals surface area (Å²) in [5.74, 6) is 1.39. The van der Waals surface area contributed by atoms with E-state index in [1.165, 1.54) is 0 Å². The van der Waals surface area contributed by atoms with Crippen molar-refractivity contribution in [1.82, 2.24) is 0 Å². The highest BCUT2D eigenvalue weighted by atomic mass is 16.5. The zero-order valence-electron chi connectivity index (χ0n) is 16.3. The van der Waals surface area contributed by atoms with Crippen LogP contribution >= 0.6 is 0 Å². The lowest BCUT2D eigenvalue weighted by Gasteiger charge is -2.13. The Kier molecular flexibility index (Phi) is 6.17. The summed E-state index contributed by atoms with van der Waals surface area (Å²) in [6.07, 6.45) is 0.357. The van der Waals surface area contributed by atoms with Crippen LogP contribution in [0.1, 0.15) is 11.1 Å². The summed E-state index contributed by atoms with van der Waals surface area (Å²) in [6.45, 7) is 2.01. The number of anilines is 3. The van der Waals surface area contributed by atoms with Crippen molar-refractivity contribution < 1.29 is 14.3 Å². The van der Waals surface area contributed by atoms with E-state index < -0.39 is 0 Å². The van der Waals surface area contributed by atoms with Crippen molar-refractivity contribution in [2.45, 2.75) is 13.3 Å². The van der Waals surface area contributed by atoms with E-state index in [4.69, 9.17) is 9.47 Å². The second-order valence-corrected chi connectivity index (χ2v) is 6.42. The van der Waals surface area contributed by atoms with Gasteiger partial charge in [0.2, 0.25) is 5.91 Å². The van der Waals surface area contributed by atoms with Gasteiger partial charge in [-0.05, 0) is 54.4 Å². The predicted octanol–water partition coefficient (Wildman–Crippen LogP) is 4.94. The Bertz CT molecular complexity index is 952. The average Bonchev–Trinajstić information content (AvgIpc) is 2.71. The molecule has 144 valence electrons. The standard InChI is InChI=1S/C23H24N2O3/c1-16-6-4-5-7-17(16)14-23(26)25-19-10-8-18(9-11-19)24-21-13-12-20(27-2)15-22(21)28-3/h4-13,15,24H,14H2,1-3H3,(H,25,26). The molecule has 5 heteroatoms. The maximum Gasteiger partial charge on any atom is 0.228 e. The summed E-state index contributed by atoms with van der Waals surface area (Å²) in [5.41, 5.74) is 4.63. The Morgan fingerprint density at radius 2 is 1.61 bits per heavy atom. The first-order chi connectivity index (χ1) is 13.6. The fourth-order valence-corrected chi connectivity index (χ4v) is 2.88. The number of ether oxygens (including phenoxy) is 2. The molecule has 0 heterocycles. The normalized spacial score (nSPS) is 10.2. The second-order valence-electron chi connectivity index (χ2n) is 6.42. The first-order valence-corrected chi connectivity index (χ1v) is 9.02. The Morgan fingerprint density at radius 3 is 2.29 bits per heavy atom. The van der Waals surface area contributed by atoms with E-state index in [0.29, 0.717) is 12.2 Å². The molecule has 0 fully saturated rings. The molecular weight excluding hydrogens is 352 g/mol. The molecule has 0 aliphatic carbocycles. The van der Waals surface area contributed by atoms with E-state index >= 15 is 0 Å². The second kappa shape index (κ2) is 8.95. The molecule has 0 spiro atoms. The molecule has 5 nitrogen and oxygen atoms in total. The summed E-state index contributed by atoms with van der Waals surface area (Å²) in [6, 6.07) is 21.1. The van der Waals surface area contributed by atoms with Crippen molar-refractivity contribution in [1.29, 1.82) is 0 Å². The van der Waals surface area contributed by atoms with Crippen LogP contribution in [0.15, 0.2) is 66.7 Å². The molecule has 0 radical (unpaired) electrons. The van der Waals surface area contributed by atoms with E-state index in [1.54, 1.807) is 14.2 Å². The number of carbonyl (C=O) groups excluding carboxylic acids is 1. The van der Waals surface area contributed by atoms with Crippen molar-refractivity contribution in [3.05, 3.63) is 77.9 Å². The minimum Gasteiger partial charge on any atom is -0.497 e. The molecule has 0 unspecified atom stereocenters. The van der Waals surface area contributed by atoms with Gasteiger partial charge in [-0.1, -0.05) is 24.3 Å². The Hall–Kier alpha value is -3.47.